The predicted molar refractivity (Wildman–Crippen MR) is 63.8 cm³/mol. The summed E-state index contributed by atoms with van der Waals surface area (Å²) < 4.78 is 18.3. The molecule has 0 saturated carbocycles. The molecule has 1 aromatic carbocycles. The minimum absolute atomic E-state index is 0.169. The van der Waals surface area contributed by atoms with E-state index < -0.39 is 10.7 Å². The highest BCUT2D eigenvalue weighted by Crippen LogP contribution is 2.20. The fourth-order valence-electron chi connectivity index (χ4n) is 1.50. The van der Waals surface area contributed by atoms with Gasteiger partial charge in [-0.15, -0.1) is 0 Å². The molecule has 2 aromatic rings. The van der Waals surface area contributed by atoms with Gasteiger partial charge in [0.1, 0.15) is 17.6 Å². The van der Waals surface area contributed by atoms with Crippen LogP contribution in [0.3, 0.4) is 0 Å². The van der Waals surface area contributed by atoms with Crippen molar-refractivity contribution < 1.29 is 13.7 Å². The van der Waals surface area contributed by atoms with Crippen molar-refractivity contribution in [3.05, 3.63) is 57.8 Å². The monoisotopic (exact) mass is 261 g/mol. The quantitative estimate of drug-likeness (QED) is 0.674. The van der Waals surface area contributed by atoms with Crippen LogP contribution >= 0.6 is 0 Å². The van der Waals surface area contributed by atoms with Gasteiger partial charge in [0, 0.05) is 11.8 Å². The number of nitriles is 1. The Kier molecular flexibility index (Phi) is 3.43. The largest absolute Gasteiger partial charge is 0.449 e. The Bertz CT molecular complexity index is 660. The number of non-ortho nitro benzene ring substituents is 1. The van der Waals surface area contributed by atoms with Crippen molar-refractivity contribution >= 4 is 11.4 Å². The Morgan fingerprint density at radius 1 is 1.42 bits per heavy atom. The third-order valence-corrected chi connectivity index (χ3v) is 2.33. The number of rotatable bonds is 4. The smallest absolute Gasteiger partial charge is 0.274 e. The van der Waals surface area contributed by atoms with Crippen LogP contribution in [0.5, 0.6) is 0 Å². The Balaban J connectivity index is 2.11. The van der Waals surface area contributed by atoms with Crippen molar-refractivity contribution in [2.75, 3.05) is 5.32 Å². The lowest BCUT2D eigenvalue weighted by atomic mass is 10.2. The molecule has 0 bridgehead atoms. The number of hydrogen-bond donors (Lipinski definition) is 1. The van der Waals surface area contributed by atoms with E-state index in [9.17, 15) is 14.5 Å². The lowest BCUT2D eigenvalue weighted by molar-refractivity contribution is -0.385. The van der Waals surface area contributed by atoms with E-state index in [1.165, 1.54) is 12.1 Å². The zero-order chi connectivity index (χ0) is 13.8. The molecule has 0 aliphatic heterocycles. The molecule has 19 heavy (non-hydrogen) atoms. The number of halogens is 1. The van der Waals surface area contributed by atoms with Gasteiger partial charge in [-0.2, -0.15) is 5.26 Å². The second kappa shape index (κ2) is 5.18. The highest BCUT2D eigenvalue weighted by Gasteiger charge is 2.10. The highest BCUT2D eigenvalue weighted by molar-refractivity contribution is 5.51. The fraction of sp³-hybridized carbons (Fsp3) is 0.0833. The molecule has 2 rings (SSSR count). The van der Waals surface area contributed by atoms with Crippen molar-refractivity contribution in [3.8, 4) is 6.07 Å². The van der Waals surface area contributed by atoms with Crippen LogP contribution in [0, 0.1) is 27.3 Å². The van der Waals surface area contributed by atoms with E-state index in [1.54, 1.807) is 6.07 Å². The second-order valence-corrected chi connectivity index (χ2v) is 3.69. The molecule has 1 N–H and O–H groups in total. The van der Waals surface area contributed by atoms with Crippen molar-refractivity contribution in [2.24, 2.45) is 0 Å². The fourth-order valence-corrected chi connectivity index (χ4v) is 1.50. The number of hydrogen-bond acceptors (Lipinski definition) is 5. The van der Waals surface area contributed by atoms with Gasteiger partial charge in [-0.25, -0.2) is 4.39 Å². The zero-order valence-corrected chi connectivity index (χ0v) is 9.59. The van der Waals surface area contributed by atoms with Gasteiger partial charge in [0.25, 0.3) is 5.69 Å². The Morgan fingerprint density at radius 2 is 2.21 bits per heavy atom. The first kappa shape index (κ1) is 12.6. The maximum absolute atomic E-state index is 13.2. The van der Waals surface area contributed by atoms with Gasteiger partial charge in [0.2, 0.25) is 5.76 Å². The first-order valence-corrected chi connectivity index (χ1v) is 5.26. The van der Waals surface area contributed by atoms with Gasteiger partial charge in [0.05, 0.1) is 17.5 Å². The standard InChI is InChI=1S/C12H8FN3O3/c13-8-3-9(5-10(4-8)16(17)18)15-7-12-2-1-11(6-14)19-12/h1-5,15H,7H2. The van der Waals surface area contributed by atoms with E-state index >= 15 is 0 Å². The Labute approximate surface area is 107 Å². The molecule has 0 fully saturated rings. The van der Waals surface area contributed by atoms with Gasteiger partial charge in [-0.1, -0.05) is 0 Å². The maximum atomic E-state index is 13.2. The minimum atomic E-state index is -0.700. The number of benzene rings is 1. The summed E-state index contributed by atoms with van der Waals surface area (Å²) >= 11 is 0. The topological polar surface area (TPSA) is 92.1 Å². The van der Waals surface area contributed by atoms with E-state index in [2.05, 4.69) is 5.32 Å². The van der Waals surface area contributed by atoms with Crippen LogP contribution in [-0.2, 0) is 6.54 Å². The van der Waals surface area contributed by atoms with Crippen LogP contribution < -0.4 is 5.32 Å². The lowest BCUT2D eigenvalue weighted by Gasteiger charge is -2.04. The Hall–Kier alpha value is -2.88. The number of nitro benzene ring substituents is 1. The summed E-state index contributed by atoms with van der Waals surface area (Å²) in [7, 11) is 0. The third kappa shape index (κ3) is 3.07. The molecule has 0 aliphatic carbocycles. The summed E-state index contributed by atoms with van der Waals surface area (Å²) in [6, 6.07) is 8.14. The summed E-state index contributed by atoms with van der Waals surface area (Å²) in [6.45, 7) is 0.197. The zero-order valence-electron chi connectivity index (χ0n) is 9.59. The predicted octanol–water partition coefficient (Wildman–Crippen LogP) is 2.81. The van der Waals surface area contributed by atoms with E-state index in [-0.39, 0.29) is 23.7 Å². The third-order valence-electron chi connectivity index (χ3n) is 2.33. The molecule has 0 aliphatic rings. The van der Waals surface area contributed by atoms with E-state index in [1.807, 2.05) is 6.07 Å². The summed E-state index contributed by atoms with van der Waals surface area (Å²) in [6.07, 6.45) is 0. The minimum Gasteiger partial charge on any atom is -0.449 e. The first-order valence-electron chi connectivity index (χ1n) is 5.26. The van der Waals surface area contributed by atoms with Gasteiger partial charge in [-0.05, 0) is 18.2 Å². The number of furan rings is 1. The average Bonchev–Trinajstić information content (AvgIpc) is 2.83. The van der Waals surface area contributed by atoms with Crippen LogP contribution in [0.4, 0.5) is 15.8 Å². The van der Waals surface area contributed by atoms with Crippen molar-refractivity contribution in [3.63, 3.8) is 0 Å². The molecule has 0 saturated heterocycles. The number of nitrogens with zero attached hydrogens (tertiary/aromatic N) is 2. The molecule has 0 amide bonds. The second-order valence-electron chi connectivity index (χ2n) is 3.69. The van der Waals surface area contributed by atoms with E-state index in [0.29, 0.717) is 5.76 Å². The maximum Gasteiger partial charge on any atom is 0.274 e. The van der Waals surface area contributed by atoms with Crippen LogP contribution in [0.15, 0.2) is 34.7 Å². The van der Waals surface area contributed by atoms with Crippen LogP contribution in [-0.4, -0.2) is 4.92 Å². The van der Waals surface area contributed by atoms with Crippen LogP contribution in [0.25, 0.3) is 0 Å². The van der Waals surface area contributed by atoms with Crippen molar-refractivity contribution in [2.45, 2.75) is 6.54 Å². The number of anilines is 1. The van der Waals surface area contributed by atoms with E-state index in [4.69, 9.17) is 9.68 Å². The molecular weight excluding hydrogens is 253 g/mol. The molecule has 1 aromatic heterocycles. The highest BCUT2D eigenvalue weighted by atomic mass is 19.1. The molecule has 1 heterocycles. The molecular formula is C12H8FN3O3. The van der Waals surface area contributed by atoms with Crippen molar-refractivity contribution in [1.29, 1.82) is 5.26 Å². The SMILES string of the molecule is N#Cc1ccc(CNc2cc(F)cc([N+](=O)[O-])c2)o1. The molecule has 7 heteroatoms. The normalized spacial score (nSPS) is 9.89. The van der Waals surface area contributed by atoms with Gasteiger partial charge in [-0.3, -0.25) is 10.1 Å². The molecule has 0 spiro atoms. The van der Waals surface area contributed by atoms with Crippen LogP contribution in [0.2, 0.25) is 0 Å². The van der Waals surface area contributed by atoms with E-state index in [0.717, 1.165) is 12.1 Å². The number of nitrogens with one attached hydrogen (secondary N) is 1. The Morgan fingerprint density at radius 3 is 2.84 bits per heavy atom. The summed E-state index contributed by atoms with van der Waals surface area (Å²) in [5.41, 5.74) is -0.0683. The average molecular weight is 261 g/mol. The van der Waals surface area contributed by atoms with Gasteiger partial charge >= 0.3 is 0 Å². The summed E-state index contributed by atoms with van der Waals surface area (Å²) in [5.74, 6) is -0.0562. The summed E-state index contributed by atoms with van der Waals surface area (Å²) in [5, 5.41) is 21.9. The lowest BCUT2D eigenvalue weighted by Crippen LogP contribution is -2.00. The summed E-state index contributed by atoms with van der Waals surface area (Å²) in [4.78, 5) is 9.91. The first-order chi connectivity index (χ1) is 9.08. The van der Waals surface area contributed by atoms with Gasteiger partial charge < -0.3 is 9.73 Å². The number of nitro groups is 1. The molecule has 96 valence electrons. The van der Waals surface area contributed by atoms with Crippen LogP contribution in [0.1, 0.15) is 11.5 Å². The molecule has 0 atom stereocenters. The molecule has 0 radical (unpaired) electrons. The molecule has 0 unspecified atom stereocenters. The molecule has 6 nitrogen and oxygen atoms in total. The van der Waals surface area contributed by atoms with Gasteiger partial charge in [0.15, 0.2) is 0 Å². The van der Waals surface area contributed by atoms with Crippen molar-refractivity contribution in [1.82, 2.24) is 0 Å².